The summed E-state index contributed by atoms with van der Waals surface area (Å²) in [6.07, 6.45) is 1.77. The molecule has 45 valence electrons. The molecule has 1 unspecified atom stereocenters. The smallest absolute Gasteiger partial charge is 0.304 e. The van der Waals surface area contributed by atoms with E-state index >= 15 is 0 Å². The van der Waals surface area contributed by atoms with Crippen LogP contribution in [0.2, 0.25) is 0 Å². The summed E-state index contributed by atoms with van der Waals surface area (Å²) in [6.45, 7) is 2.24. The van der Waals surface area contributed by atoms with Crippen molar-refractivity contribution >= 4 is 5.97 Å². The number of carbonyl (C=O) groups excluding carboxylic acids is 1. The molecule has 1 aliphatic rings. The third-order valence-electron chi connectivity index (χ3n) is 0.944. The number of hydrogen-bond acceptors (Lipinski definition) is 3. The van der Waals surface area contributed by atoms with Crippen LogP contribution in [0, 0.1) is 6.42 Å². The van der Waals surface area contributed by atoms with Gasteiger partial charge < -0.3 is 4.74 Å². The van der Waals surface area contributed by atoms with Crippen LogP contribution in [0.1, 0.15) is 6.92 Å². The van der Waals surface area contributed by atoms with Crippen LogP contribution in [-0.4, -0.2) is 18.7 Å². The molecule has 1 rings (SSSR count). The van der Waals surface area contributed by atoms with Crippen molar-refractivity contribution in [3.63, 3.8) is 0 Å². The van der Waals surface area contributed by atoms with Gasteiger partial charge in [0.25, 0.3) is 0 Å². The summed E-state index contributed by atoms with van der Waals surface area (Å²) in [5.41, 5.74) is 0. The molecule has 1 N–H and O–H groups in total. The Hall–Kier alpha value is -0.570. The lowest BCUT2D eigenvalue weighted by Crippen LogP contribution is -2.46. The van der Waals surface area contributed by atoms with Crippen molar-refractivity contribution in [3.05, 3.63) is 6.42 Å². The molecule has 8 heavy (non-hydrogen) atoms. The van der Waals surface area contributed by atoms with E-state index in [1.165, 1.54) is 6.92 Å². The van der Waals surface area contributed by atoms with E-state index in [9.17, 15) is 4.79 Å². The molecule has 1 saturated heterocycles. The van der Waals surface area contributed by atoms with Gasteiger partial charge in [-0.05, 0) is 0 Å². The van der Waals surface area contributed by atoms with Gasteiger partial charge in [-0.3, -0.25) is 10.1 Å². The van der Waals surface area contributed by atoms with E-state index in [-0.39, 0.29) is 12.2 Å². The van der Waals surface area contributed by atoms with Crippen molar-refractivity contribution in [3.8, 4) is 0 Å². The molecule has 1 aliphatic heterocycles. The molecule has 0 spiro atoms. The molecular weight excluding hydrogens is 106 g/mol. The molecule has 0 aromatic rings. The lowest BCUT2D eigenvalue weighted by molar-refractivity contribution is -0.148. The highest BCUT2D eigenvalue weighted by atomic mass is 16.6. The van der Waals surface area contributed by atoms with Crippen LogP contribution in [0.3, 0.4) is 0 Å². The van der Waals surface area contributed by atoms with Crippen molar-refractivity contribution in [2.45, 2.75) is 13.2 Å². The first kappa shape index (κ1) is 5.56. The van der Waals surface area contributed by atoms with Crippen molar-refractivity contribution < 1.29 is 9.53 Å². The second-order valence-electron chi connectivity index (χ2n) is 1.67. The first-order valence-corrected chi connectivity index (χ1v) is 2.53. The molecule has 3 nitrogen and oxygen atoms in total. The number of nitrogens with one attached hydrogen (secondary N) is 1. The van der Waals surface area contributed by atoms with E-state index in [0.29, 0.717) is 0 Å². The van der Waals surface area contributed by atoms with E-state index in [0.717, 1.165) is 6.54 Å². The van der Waals surface area contributed by atoms with Crippen LogP contribution in [0.25, 0.3) is 0 Å². The molecule has 1 fully saturated rings. The Morgan fingerprint density at radius 2 is 2.62 bits per heavy atom. The van der Waals surface area contributed by atoms with Gasteiger partial charge in [-0.1, -0.05) is 0 Å². The normalized spacial score (nSPS) is 26.4. The minimum absolute atomic E-state index is 0.118. The van der Waals surface area contributed by atoms with Crippen LogP contribution in [0.4, 0.5) is 0 Å². The van der Waals surface area contributed by atoms with Gasteiger partial charge in [0.15, 0.2) is 6.23 Å². The van der Waals surface area contributed by atoms with Crippen molar-refractivity contribution in [2.75, 3.05) is 6.54 Å². The van der Waals surface area contributed by atoms with E-state index in [1.54, 1.807) is 0 Å². The summed E-state index contributed by atoms with van der Waals surface area (Å²) in [4.78, 5) is 10.2. The zero-order chi connectivity index (χ0) is 5.98. The quantitative estimate of drug-likeness (QED) is 0.475. The Kier molecular flexibility index (Phi) is 1.48. The average molecular weight is 114 g/mol. The summed E-state index contributed by atoms with van der Waals surface area (Å²) >= 11 is 0. The largest absolute Gasteiger partial charge is 0.446 e. The SMILES string of the molecule is CC(=O)OC1[CH]CN1. The number of rotatable bonds is 1. The Bertz CT molecular complexity index is 98.6. The molecular formula is C5H8NO2. The third kappa shape index (κ3) is 1.20. The fourth-order valence-corrected chi connectivity index (χ4v) is 0.483. The summed E-state index contributed by atoms with van der Waals surface area (Å²) in [5.74, 6) is -0.238. The Morgan fingerprint density at radius 1 is 2.00 bits per heavy atom. The van der Waals surface area contributed by atoms with E-state index < -0.39 is 0 Å². The summed E-state index contributed by atoms with van der Waals surface area (Å²) in [5, 5.41) is 2.88. The summed E-state index contributed by atoms with van der Waals surface area (Å²) < 4.78 is 4.68. The molecule has 0 amide bonds. The fourth-order valence-electron chi connectivity index (χ4n) is 0.483. The predicted molar refractivity (Wildman–Crippen MR) is 27.9 cm³/mol. The van der Waals surface area contributed by atoms with Gasteiger partial charge in [0.2, 0.25) is 0 Å². The highest BCUT2D eigenvalue weighted by molar-refractivity contribution is 5.66. The Morgan fingerprint density at radius 3 is 2.75 bits per heavy atom. The Labute approximate surface area is 48.0 Å². The molecule has 0 aromatic carbocycles. The second kappa shape index (κ2) is 2.13. The highest BCUT2D eigenvalue weighted by Crippen LogP contribution is 2.00. The van der Waals surface area contributed by atoms with E-state index in [2.05, 4.69) is 10.1 Å². The van der Waals surface area contributed by atoms with Gasteiger partial charge in [0.05, 0.1) is 0 Å². The van der Waals surface area contributed by atoms with Gasteiger partial charge in [0, 0.05) is 19.9 Å². The van der Waals surface area contributed by atoms with Crippen LogP contribution in [-0.2, 0) is 9.53 Å². The summed E-state index contributed by atoms with van der Waals surface area (Å²) in [6, 6.07) is 0. The molecule has 0 saturated carbocycles. The lowest BCUT2D eigenvalue weighted by Gasteiger charge is -2.25. The Balaban J connectivity index is 2.09. The van der Waals surface area contributed by atoms with Crippen molar-refractivity contribution in [2.24, 2.45) is 0 Å². The molecule has 1 atom stereocenters. The van der Waals surface area contributed by atoms with E-state index in [1.807, 2.05) is 6.42 Å². The molecule has 0 bridgehead atoms. The van der Waals surface area contributed by atoms with Gasteiger partial charge in [-0.15, -0.1) is 0 Å². The topological polar surface area (TPSA) is 38.3 Å². The van der Waals surface area contributed by atoms with Crippen LogP contribution in [0.5, 0.6) is 0 Å². The minimum Gasteiger partial charge on any atom is -0.446 e. The third-order valence-corrected chi connectivity index (χ3v) is 0.944. The second-order valence-corrected chi connectivity index (χ2v) is 1.67. The number of esters is 1. The standard InChI is InChI=1S/C5H8NO2/c1-4(7)8-5-2-3-6-5/h2,5-6H,3H2,1H3. The van der Waals surface area contributed by atoms with Gasteiger partial charge >= 0.3 is 5.97 Å². The first-order chi connectivity index (χ1) is 3.79. The molecule has 1 radical (unpaired) electrons. The summed E-state index contributed by atoms with van der Waals surface area (Å²) in [7, 11) is 0. The maximum Gasteiger partial charge on any atom is 0.304 e. The van der Waals surface area contributed by atoms with Gasteiger partial charge in [0.1, 0.15) is 0 Å². The lowest BCUT2D eigenvalue weighted by atomic mass is 10.2. The highest BCUT2D eigenvalue weighted by Gasteiger charge is 2.18. The fraction of sp³-hybridized carbons (Fsp3) is 0.600. The van der Waals surface area contributed by atoms with Crippen LogP contribution >= 0.6 is 0 Å². The molecule has 3 heteroatoms. The minimum atomic E-state index is -0.238. The number of carbonyl (C=O) groups is 1. The van der Waals surface area contributed by atoms with Gasteiger partial charge in [-0.25, -0.2) is 0 Å². The first-order valence-electron chi connectivity index (χ1n) is 2.53. The molecule has 0 aromatic heterocycles. The van der Waals surface area contributed by atoms with Crippen LogP contribution < -0.4 is 5.32 Å². The molecule has 0 aliphatic carbocycles. The maximum absolute atomic E-state index is 10.2. The van der Waals surface area contributed by atoms with Crippen molar-refractivity contribution in [1.29, 1.82) is 0 Å². The number of hydrogen-bond donors (Lipinski definition) is 1. The number of ether oxygens (including phenoxy) is 1. The predicted octanol–water partition coefficient (Wildman–Crippen LogP) is -0.317. The van der Waals surface area contributed by atoms with Crippen LogP contribution in [0.15, 0.2) is 0 Å². The van der Waals surface area contributed by atoms with Crippen molar-refractivity contribution in [1.82, 2.24) is 5.32 Å². The van der Waals surface area contributed by atoms with Gasteiger partial charge in [-0.2, -0.15) is 0 Å². The zero-order valence-electron chi connectivity index (χ0n) is 4.68. The average Bonchev–Trinajstić information content (AvgIpc) is 1.55. The monoisotopic (exact) mass is 114 g/mol. The maximum atomic E-state index is 10.2. The zero-order valence-corrected chi connectivity index (χ0v) is 4.68. The molecule has 1 heterocycles. The van der Waals surface area contributed by atoms with E-state index in [4.69, 9.17) is 0 Å².